The molecule has 5 heterocycles. The number of rotatable bonds is 6. The van der Waals surface area contributed by atoms with E-state index >= 15 is 4.39 Å². The third-order valence-electron chi connectivity index (χ3n) is 9.15. The summed E-state index contributed by atoms with van der Waals surface area (Å²) in [5, 5.41) is 5.01. The van der Waals surface area contributed by atoms with Gasteiger partial charge in [-0.1, -0.05) is 24.3 Å². The van der Waals surface area contributed by atoms with Crippen molar-refractivity contribution in [2.24, 2.45) is 0 Å². The van der Waals surface area contributed by atoms with Crippen molar-refractivity contribution >= 4 is 34.4 Å². The topological polar surface area (TPSA) is 110 Å². The molecular formula is C35H37FN6O4S. The molecule has 1 N–H and O–H groups in total. The van der Waals surface area contributed by atoms with E-state index in [-0.39, 0.29) is 23.8 Å². The number of ether oxygens (including phenoxy) is 1. The average Bonchev–Trinajstić information content (AvgIpc) is 3.85. The lowest BCUT2D eigenvalue weighted by molar-refractivity contribution is -0.121. The Bertz CT molecular complexity index is 1820. The number of amides is 3. The summed E-state index contributed by atoms with van der Waals surface area (Å²) in [7, 11) is 0. The highest BCUT2D eigenvalue weighted by molar-refractivity contribution is 7.13. The Balaban J connectivity index is 1.10. The summed E-state index contributed by atoms with van der Waals surface area (Å²) in [6, 6.07) is 10.1. The summed E-state index contributed by atoms with van der Waals surface area (Å²) in [6.45, 7) is 7.62. The number of imidazole rings is 1. The minimum atomic E-state index is -1.03. The molecule has 2 aromatic heterocycles. The van der Waals surface area contributed by atoms with Gasteiger partial charge < -0.3 is 19.1 Å². The molecule has 0 unspecified atom stereocenters. The number of aryl methyl sites for hydroxylation is 1. The first-order valence-electron chi connectivity index (χ1n) is 16.0. The standard InChI is InChI=1S/C35H37FN6O4S/c1-35(2,3)46-34(45)40-14-10-23(11-15-40)21-6-8-22(9-7-21)24-17-25-26(27(36)18-24)19-42(32(25)44)30(31(43)39-33-37-12-16-47-33)29-28-5-4-13-41(28)20-38-29/h6-9,12,16-18,20,23,30H,4-5,10-11,13-15,19H2,1-3H3,(H,37,39,43)/t30-/m0/s1. The van der Waals surface area contributed by atoms with Crippen molar-refractivity contribution in [3.05, 3.63) is 88.2 Å². The molecule has 0 bridgehead atoms. The molecule has 2 aromatic carbocycles. The number of hydrogen-bond donors (Lipinski definition) is 1. The number of halogens is 1. The van der Waals surface area contributed by atoms with Crippen LogP contribution in [0.5, 0.6) is 0 Å². The molecule has 0 radical (unpaired) electrons. The van der Waals surface area contributed by atoms with Crippen molar-refractivity contribution in [3.8, 4) is 11.1 Å². The van der Waals surface area contributed by atoms with Gasteiger partial charge in [-0.3, -0.25) is 14.9 Å². The van der Waals surface area contributed by atoms with Gasteiger partial charge in [-0.2, -0.15) is 0 Å². The molecule has 244 valence electrons. The van der Waals surface area contributed by atoms with Crippen LogP contribution in [0, 0.1) is 5.82 Å². The Hall–Kier alpha value is -4.58. The normalized spacial score (nSPS) is 17.1. The molecule has 1 saturated heterocycles. The number of nitrogens with one attached hydrogen (secondary N) is 1. The van der Waals surface area contributed by atoms with Gasteiger partial charge in [0.2, 0.25) is 0 Å². The molecule has 12 heteroatoms. The molecule has 47 heavy (non-hydrogen) atoms. The summed E-state index contributed by atoms with van der Waals surface area (Å²) in [4.78, 5) is 52.1. The highest BCUT2D eigenvalue weighted by Gasteiger charge is 2.42. The minimum absolute atomic E-state index is 0.0382. The summed E-state index contributed by atoms with van der Waals surface area (Å²) >= 11 is 1.28. The number of hydrogen-bond acceptors (Lipinski definition) is 7. The zero-order valence-corrected chi connectivity index (χ0v) is 27.5. The van der Waals surface area contributed by atoms with Crippen LogP contribution in [-0.4, -0.2) is 60.9 Å². The van der Waals surface area contributed by atoms with Gasteiger partial charge in [-0.05, 0) is 81.2 Å². The number of likely N-dealkylation sites (tertiary alicyclic amines) is 1. The van der Waals surface area contributed by atoms with Crippen LogP contribution in [-0.2, 0) is 29.0 Å². The van der Waals surface area contributed by atoms with E-state index in [1.165, 1.54) is 22.3 Å². The van der Waals surface area contributed by atoms with Crippen LogP contribution in [0.2, 0.25) is 0 Å². The second kappa shape index (κ2) is 12.2. The van der Waals surface area contributed by atoms with Gasteiger partial charge in [0.05, 0.1) is 18.6 Å². The second-order valence-electron chi connectivity index (χ2n) is 13.4. The lowest BCUT2D eigenvalue weighted by Crippen LogP contribution is -2.41. The fraction of sp³-hybridized carbons (Fsp3) is 0.400. The van der Waals surface area contributed by atoms with Gasteiger partial charge in [0, 0.05) is 48.0 Å². The molecule has 1 fully saturated rings. The Morgan fingerprint density at radius 2 is 1.83 bits per heavy atom. The maximum atomic E-state index is 15.7. The van der Waals surface area contributed by atoms with Gasteiger partial charge in [-0.25, -0.2) is 19.2 Å². The van der Waals surface area contributed by atoms with E-state index in [0.29, 0.717) is 35.4 Å². The first-order chi connectivity index (χ1) is 22.6. The Morgan fingerprint density at radius 1 is 1.06 bits per heavy atom. The maximum Gasteiger partial charge on any atom is 0.410 e. The van der Waals surface area contributed by atoms with Crippen LogP contribution in [0.15, 0.2) is 54.3 Å². The van der Waals surface area contributed by atoms with Crippen LogP contribution < -0.4 is 5.32 Å². The summed E-state index contributed by atoms with van der Waals surface area (Å²) in [5.74, 6) is -1.02. The monoisotopic (exact) mass is 656 g/mol. The lowest BCUT2D eigenvalue weighted by atomic mass is 9.88. The molecule has 3 aliphatic rings. The molecular weight excluding hydrogens is 619 g/mol. The van der Waals surface area contributed by atoms with E-state index in [4.69, 9.17) is 4.74 Å². The maximum absolute atomic E-state index is 15.7. The summed E-state index contributed by atoms with van der Waals surface area (Å²) in [5.41, 5.74) is 3.98. The van der Waals surface area contributed by atoms with Gasteiger partial charge in [-0.15, -0.1) is 11.3 Å². The predicted molar refractivity (Wildman–Crippen MR) is 176 cm³/mol. The Kier molecular flexibility index (Phi) is 8.07. The quantitative estimate of drug-likeness (QED) is 0.252. The highest BCUT2D eigenvalue weighted by atomic mass is 32.1. The van der Waals surface area contributed by atoms with Crippen molar-refractivity contribution in [1.29, 1.82) is 0 Å². The zero-order chi connectivity index (χ0) is 32.9. The van der Waals surface area contributed by atoms with E-state index < -0.39 is 29.3 Å². The highest BCUT2D eigenvalue weighted by Crippen LogP contribution is 2.38. The third-order valence-corrected chi connectivity index (χ3v) is 9.84. The lowest BCUT2D eigenvalue weighted by Gasteiger charge is -2.33. The van der Waals surface area contributed by atoms with E-state index in [1.807, 2.05) is 49.6 Å². The summed E-state index contributed by atoms with van der Waals surface area (Å²) < 4.78 is 23.3. The number of nitrogens with zero attached hydrogens (tertiary/aromatic N) is 5. The molecule has 0 aliphatic carbocycles. The molecule has 3 aliphatic heterocycles. The van der Waals surface area contributed by atoms with E-state index in [9.17, 15) is 14.4 Å². The zero-order valence-electron chi connectivity index (χ0n) is 26.7. The van der Waals surface area contributed by atoms with Crippen molar-refractivity contribution in [1.82, 2.24) is 24.3 Å². The molecule has 3 amide bonds. The number of fused-ring (bicyclic) bond motifs is 2. The molecule has 10 nitrogen and oxygen atoms in total. The molecule has 7 rings (SSSR count). The number of thiazole rings is 1. The number of carbonyl (C=O) groups is 3. The van der Waals surface area contributed by atoms with Crippen molar-refractivity contribution in [3.63, 3.8) is 0 Å². The number of aromatic nitrogens is 3. The van der Waals surface area contributed by atoms with Crippen LogP contribution in [0.25, 0.3) is 11.1 Å². The Morgan fingerprint density at radius 3 is 2.53 bits per heavy atom. The Labute approximate surface area is 276 Å². The van der Waals surface area contributed by atoms with Gasteiger partial charge in [0.15, 0.2) is 11.2 Å². The SMILES string of the molecule is CC(C)(C)OC(=O)N1CCC(c2ccc(-c3cc(F)c4c(c3)C(=O)N([C@H](C(=O)Nc3nccs3)c3ncn5c3CCC5)C4)cc2)CC1. The molecule has 0 spiro atoms. The smallest absolute Gasteiger partial charge is 0.410 e. The fourth-order valence-electron chi connectivity index (χ4n) is 6.83. The molecule has 4 aromatic rings. The predicted octanol–water partition coefficient (Wildman–Crippen LogP) is 6.54. The fourth-order valence-corrected chi connectivity index (χ4v) is 7.37. The molecule has 0 saturated carbocycles. The number of benzene rings is 2. The first-order valence-corrected chi connectivity index (χ1v) is 16.9. The number of anilines is 1. The molecule has 1 atom stereocenters. The van der Waals surface area contributed by atoms with Crippen LogP contribution in [0.1, 0.15) is 84.9 Å². The third kappa shape index (κ3) is 6.14. The van der Waals surface area contributed by atoms with Crippen molar-refractivity contribution in [2.75, 3.05) is 18.4 Å². The largest absolute Gasteiger partial charge is 0.444 e. The van der Waals surface area contributed by atoms with E-state index in [2.05, 4.69) is 15.3 Å². The van der Waals surface area contributed by atoms with E-state index in [0.717, 1.165) is 49.0 Å². The summed E-state index contributed by atoms with van der Waals surface area (Å²) in [6.07, 6.45) is 6.37. The van der Waals surface area contributed by atoms with Gasteiger partial charge >= 0.3 is 6.09 Å². The van der Waals surface area contributed by atoms with Gasteiger partial charge in [0.25, 0.3) is 11.8 Å². The van der Waals surface area contributed by atoms with Crippen LogP contribution in [0.3, 0.4) is 0 Å². The van der Waals surface area contributed by atoms with Crippen LogP contribution in [0.4, 0.5) is 14.3 Å². The number of piperidine rings is 1. The van der Waals surface area contributed by atoms with Crippen molar-refractivity contribution < 1.29 is 23.5 Å². The minimum Gasteiger partial charge on any atom is -0.444 e. The second-order valence-corrected chi connectivity index (χ2v) is 14.3. The van der Waals surface area contributed by atoms with E-state index in [1.54, 1.807) is 28.9 Å². The average molecular weight is 657 g/mol. The number of carbonyl (C=O) groups excluding carboxylic acids is 3. The van der Waals surface area contributed by atoms with Crippen LogP contribution >= 0.6 is 11.3 Å². The van der Waals surface area contributed by atoms with Gasteiger partial charge in [0.1, 0.15) is 11.4 Å². The first kappa shape index (κ1) is 31.0. The van der Waals surface area contributed by atoms with Crippen molar-refractivity contribution in [2.45, 2.75) is 77.1 Å².